The maximum absolute atomic E-state index is 13.4. The number of hydrogen-bond donors (Lipinski definition) is 0. The van der Waals surface area contributed by atoms with Crippen molar-refractivity contribution in [3.8, 4) is 5.75 Å². The number of amides is 1. The highest BCUT2D eigenvalue weighted by molar-refractivity contribution is 6.37. The number of carbonyl (C=O) groups is 1. The Labute approximate surface area is 200 Å². The van der Waals surface area contributed by atoms with Gasteiger partial charge in [0, 0.05) is 12.1 Å². The molecule has 0 aliphatic heterocycles. The minimum Gasteiger partial charge on any atom is -0.490 e. The summed E-state index contributed by atoms with van der Waals surface area (Å²) in [7, 11) is 0. The van der Waals surface area contributed by atoms with E-state index >= 15 is 0 Å². The summed E-state index contributed by atoms with van der Waals surface area (Å²) in [4.78, 5) is 15.1. The van der Waals surface area contributed by atoms with Crippen LogP contribution < -0.4 is 4.74 Å². The molecule has 0 bridgehead atoms. The third-order valence-electron chi connectivity index (χ3n) is 5.17. The van der Waals surface area contributed by atoms with E-state index < -0.39 is 0 Å². The van der Waals surface area contributed by atoms with Crippen LogP contribution in [0.25, 0.3) is 0 Å². The maximum Gasteiger partial charge on any atom is 0.254 e. The van der Waals surface area contributed by atoms with Crippen molar-refractivity contribution >= 4 is 29.1 Å². The van der Waals surface area contributed by atoms with Gasteiger partial charge >= 0.3 is 0 Å². The zero-order chi connectivity index (χ0) is 22.8. The van der Waals surface area contributed by atoms with Gasteiger partial charge in [0.15, 0.2) is 5.75 Å². The quantitative estimate of drug-likeness (QED) is 0.252. The van der Waals surface area contributed by atoms with Gasteiger partial charge in [-0.3, -0.25) is 4.79 Å². The predicted octanol–water partition coefficient (Wildman–Crippen LogP) is 7.78. The topological polar surface area (TPSA) is 42.7 Å². The smallest absolute Gasteiger partial charge is 0.254 e. The summed E-state index contributed by atoms with van der Waals surface area (Å²) in [6.07, 6.45) is 7.29. The SMILES string of the molecule is CCCCCCCOc1c(Cl)cc(C(=O)N(Cc2ccccc2)Cc2ccco2)cc1Cl. The minimum absolute atomic E-state index is 0.180. The molecular formula is C26H29Cl2NO3. The lowest BCUT2D eigenvalue weighted by Crippen LogP contribution is -2.30. The minimum atomic E-state index is -0.180. The number of nitrogens with zero attached hydrogens (tertiary/aromatic N) is 1. The highest BCUT2D eigenvalue weighted by atomic mass is 35.5. The van der Waals surface area contributed by atoms with Crippen LogP contribution in [0, 0.1) is 0 Å². The Hall–Kier alpha value is -2.43. The molecule has 0 aliphatic rings. The highest BCUT2D eigenvalue weighted by Crippen LogP contribution is 2.35. The molecule has 0 fully saturated rings. The Morgan fingerprint density at radius 2 is 1.66 bits per heavy atom. The van der Waals surface area contributed by atoms with Crippen molar-refractivity contribution in [2.75, 3.05) is 6.61 Å². The van der Waals surface area contributed by atoms with E-state index in [0.29, 0.717) is 46.8 Å². The molecule has 6 heteroatoms. The summed E-state index contributed by atoms with van der Waals surface area (Å²) in [6, 6.07) is 16.7. The maximum atomic E-state index is 13.4. The van der Waals surface area contributed by atoms with E-state index in [1.165, 1.54) is 19.3 Å². The fraction of sp³-hybridized carbons (Fsp3) is 0.346. The van der Waals surface area contributed by atoms with Gasteiger partial charge in [0.05, 0.1) is 29.5 Å². The van der Waals surface area contributed by atoms with Gasteiger partial charge in [-0.1, -0.05) is 86.1 Å². The average Bonchev–Trinajstić information content (AvgIpc) is 3.30. The summed E-state index contributed by atoms with van der Waals surface area (Å²) in [6.45, 7) is 3.52. The molecule has 2 aromatic carbocycles. The van der Waals surface area contributed by atoms with Crippen molar-refractivity contribution in [2.24, 2.45) is 0 Å². The Balaban J connectivity index is 1.72. The Kier molecular flexibility index (Phi) is 9.51. The molecule has 0 saturated carbocycles. The summed E-state index contributed by atoms with van der Waals surface area (Å²) < 4.78 is 11.3. The van der Waals surface area contributed by atoms with Gasteiger partial charge in [0.2, 0.25) is 0 Å². The van der Waals surface area contributed by atoms with Crippen LogP contribution in [0.1, 0.15) is 60.7 Å². The molecule has 0 unspecified atom stereocenters. The molecule has 170 valence electrons. The first-order chi connectivity index (χ1) is 15.6. The van der Waals surface area contributed by atoms with E-state index in [2.05, 4.69) is 6.92 Å². The molecule has 1 amide bonds. The molecule has 3 aromatic rings. The Morgan fingerprint density at radius 3 is 2.31 bits per heavy atom. The second kappa shape index (κ2) is 12.6. The molecule has 32 heavy (non-hydrogen) atoms. The number of carbonyl (C=O) groups excluding carboxylic acids is 1. The fourth-order valence-electron chi connectivity index (χ4n) is 3.48. The molecule has 0 atom stereocenters. The van der Waals surface area contributed by atoms with E-state index in [1.807, 2.05) is 42.5 Å². The van der Waals surface area contributed by atoms with Crippen LogP contribution >= 0.6 is 23.2 Å². The summed E-state index contributed by atoms with van der Waals surface area (Å²) >= 11 is 12.9. The van der Waals surface area contributed by atoms with Gasteiger partial charge in [0.25, 0.3) is 5.91 Å². The number of benzene rings is 2. The highest BCUT2D eigenvalue weighted by Gasteiger charge is 2.21. The van der Waals surface area contributed by atoms with Crippen LogP contribution in [0.3, 0.4) is 0 Å². The summed E-state index contributed by atoms with van der Waals surface area (Å²) in [5.41, 5.74) is 1.44. The van der Waals surface area contributed by atoms with Gasteiger partial charge in [0.1, 0.15) is 5.76 Å². The number of unbranched alkanes of at least 4 members (excludes halogenated alkanes) is 4. The molecule has 3 rings (SSSR count). The Morgan fingerprint density at radius 1 is 0.938 bits per heavy atom. The van der Waals surface area contributed by atoms with E-state index in [-0.39, 0.29) is 5.91 Å². The third-order valence-corrected chi connectivity index (χ3v) is 5.73. The van der Waals surface area contributed by atoms with Crippen molar-refractivity contribution in [1.29, 1.82) is 0 Å². The normalized spacial score (nSPS) is 10.8. The molecule has 0 radical (unpaired) electrons. The lowest BCUT2D eigenvalue weighted by atomic mass is 10.1. The number of rotatable bonds is 12. The number of furan rings is 1. The van der Waals surface area contributed by atoms with Crippen LogP contribution in [-0.2, 0) is 13.1 Å². The van der Waals surface area contributed by atoms with Gasteiger partial charge in [-0.05, 0) is 36.2 Å². The van der Waals surface area contributed by atoms with Crippen LogP contribution in [0.15, 0.2) is 65.3 Å². The number of halogens is 2. The van der Waals surface area contributed by atoms with Crippen LogP contribution in [0.4, 0.5) is 0 Å². The van der Waals surface area contributed by atoms with Crippen LogP contribution in [0.2, 0.25) is 10.0 Å². The van der Waals surface area contributed by atoms with Gasteiger partial charge < -0.3 is 14.1 Å². The monoisotopic (exact) mass is 473 g/mol. The van der Waals surface area contributed by atoms with Crippen molar-refractivity contribution in [1.82, 2.24) is 4.90 Å². The number of hydrogen-bond acceptors (Lipinski definition) is 3. The standard InChI is InChI=1S/C26H29Cl2NO3/c1-2-3-4-5-9-14-32-25-23(27)16-21(17-24(25)28)26(30)29(19-22-13-10-15-31-22)18-20-11-7-6-8-12-20/h6-8,10-13,15-17H,2-5,9,14,18-19H2,1H3. The third kappa shape index (κ3) is 7.04. The first kappa shape index (κ1) is 24.2. The first-order valence-electron chi connectivity index (χ1n) is 11.1. The lowest BCUT2D eigenvalue weighted by Gasteiger charge is -2.22. The number of ether oxygens (including phenoxy) is 1. The van der Waals surface area contributed by atoms with Crippen LogP contribution in [-0.4, -0.2) is 17.4 Å². The molecule has 0 spiro atoms. The van der Waals surface area contributed by atoms with E-state index in [9.17, 15) is 4.79 Å². The lowest BCUT2D eigenvalue weighted by molar-refractivity contribution is 0.0717. The second-order valence-electron chi connectivity index (χ2n) is 7.76. The predicted molar refractivity (Wildman–Crippen MR) is 129 cm³/mol. The average molecular weight is 474 g/mol. The molecule has 0 aliphatic carbocycles. The van der Waals surface area contributed by atoms with Crippen molar-refractivity contribution in [3.05, 3.63) is 87.8 Å². The van der Waals surface area contributed by atoms with Crippen molar-refractivity contribution in [2.45, 2.75) is 52.1 Å². The van der Waals surface area contributed by atoms with Crippen molar-refractivity contribution in [3.63, 3.8) is 0 Å². The molecule has 1 aromatic heterocycles. The zero-order valence-electron chi connectivity index (χ0n) is 18.4. The largest absolute Gasteiger partial charge is 0.490 e. The van der Waals surface area contributed by atoms with Gasteiger partial charge in [-0.2, -0.15) is 0 Å². The second-order valence-corrected chi connectivity index (χ2v) is 8.57. The molecule has 0 N–H and O–H groups in total. The first-order valence-corrected chi connectivity index (χ1v) is 11.8. The van der Waals surface area contributed by atoms with Crippen LogP contribution in [0.5, 0.6) is 5.75 Å². The molecule has 0 saturated heterocycles. The van der Waals surface area contributed by atoms with Crippen molar-refractivity contribution < 1.29 is 13.9 Å². The van der Waals surface area contributed by atoms with Gasteiger partial charge in [-0.15, -0.1) is 0 Å². The molecular weight excluding hydrogens is 445 g/mol. The summed E-state index contributed by atoms with van der Waals surface area (Å²) in [5.74, 6) is 0.954. The van der Waals surface area contributed by atoms with E-state index in [1.54, 1.807) is 23.3 Å². The zero-order valence-corrected chi connectivity index (χ0v) is 19.9. The molecule has 4 nitrogen and oxygen atoms in total. The van der Waals surface area contributed by atoms with E-state index in [0.717, 1.165) is 18.4 Å². The summed E-state index contributed by atoms with van der Waals surface area (Å²) in [5, 5.41) is 0.680. The fourth-order valence-corrected chi connectivity index (χ4v) is 4.07. The molecule has 1 heterocycles. The van der Waals surface area contributed by atoms with E-state index in [4.69, 9.17) is 32.4 Å². The Bertz CT molecular complexity index is 951. The van der Waals surface area contributed by atoms with Gasteiger partial charge in [-0.25, -0.2) is 0 Å².